The van der Waals surface area contributed by atoms with E-state index in [1.54, 1.807) is 11.0 Å². The number of benzene rings is 1. The van der Waals surface area contributed by atoms with E-state index in [0.717, 1.165) is 18.7 Å². The Morgan fingerprint density at radius 3 is 2.48 bits per heavy atom. The van der Waals surface area contributed by atoms with Crippen LogP contribution in [0.25, 0.3) is 0 Å². The smallest absolute Gasteiger partial charge is 0.251 e. The average Bonchev–Trinajstić information content (AvgIpc) is 3.12. The standard InChI is InChI=1S/C20H29N5O2/c1-15-9-24(10-16(2)27-15)20(3,4)12-22-19(26)18-7-5-17(6-8-18)11-25-14-21-13-23-25/h5-8,13-16H,9-12H2,1-4H3,(H,22,26). The topological polar surface area (TPSA) is 72.3 Å². The van der Waals surface area contributed by atoms with Gasteiger partial charge in [-0.3, -0.25) is 9.69 Å². The maximum Gasteiger partial charge on any atom is 0.251 e. The van der Waals surface area contributed by atoms with Gasteiger partial charge in [-0.15, -0.1) is 0 Å². The fourth-order valence-corrected chi connectivity index (χ4v) is 3.45. The molecular weight excluding hydrogens is 342 g/mol. The first-order chi connectivity index (χ1) is 12.8. The first kappa shape index (κ1) is 19.5. The third kappa shape index (κ3) is 5.14. The molecule has 1 saturated heterocycles. The van der Waals surface area contributed by atoms with Gasteiger partial charge >= 0.3 is 0 Å². The van der Waals surface area contributed by atoms with Crippen molar-refractivity contribution in [2.24, 2.45) is 0 Å². The van der Waals surface area contributed by atoms with Gasteiger partial charge in [0.1, 0.15) is 12.7 Å². The summed E-state index contributed by atoms with van der Waals surface area (Å²) in [6.07, 6.45) is 3.61. The van der Waals surface area contributed by atoms with E-state index in [4.69, 9.17) is 4.74 Å². The second kappa shape index (κ2) is 8.19. The molecule has 0 spiro atoms. The lowest BCUT2D eigenvalue weighted by Crippen LogP contribution is -2.58. The quantitative estimate of drug-likeness (QED) is 0.840. The van der Waals surface area contributed by atoms with Gasteiger partial charge in [0, 0.05) is 30.7 Å². The van der Waals surface area contributed by atoms with Crippen molar-refractivity contribution in [2.75, 3.05) is 19.6 Å². The summed E-state index contributed by atoms with van der Waals surface area (Å²) < 4.78 is 7.57. The van der Waals surface area contributed by atoms with E-state index in [1.165, 1.54) is 6.33 Å². The molecule has 1 aliphatic heterocycles. The molecule has 2 heterocycles. The lowest BCUT2D eigenvalue weighted by molar-refractivity contribution is -0.0948. The van der Waals surface area contributed by atoms with Crippen LogP contribution in [0.1, 0.15) is 43.6 Å². The number of nitrogens with zero attached hydrogens (tertiary/aromatic N) is 4. The molecule has 1 aliphatic rings. The number of ether oxygens (including phenoxy) is 1. The van der Waals surface area contributed by atoms with E-state index < -0.39 is 0 Å². The van der Waals surface area contributed by atoms with Crippen molar-refractivity contribution < 1.29 is 9.53 Å². The molecule has 3 rings (SSSR count). The van der Waals surface area contributed by atoms with Crippen molar-refractivity contribution in [3.8, 4) is 0 Å². The highest BCUT2D eigenvalue weighted by atomic mass is 16.5. The highest BCUT2D eigenvalue weighted by Gasteiger charge is 2.33. The molecule has 0 saturated carbocycles. The summed E-state index contributed by atoms with van der Waals surface area (Å²) >= 11 is 0. The van der Waals surface area contributed by atoms with E-state index >= 15 is 0 Å². The molecule has 7 heteroatoms. The lowest BCUT2D eigenvalue weighted by atomic mass is 9.99. The van der Waals surface area contributed by atoms with Crippen LogP contribution in [0.5, 0.6) is 0 Å². The van der Waals surface area contributed by atoms with E-state index in [1.807, 2.05) is 24.3 Å². The summed E-state index contributed by atoms with van der Waals surface area (Å²) in [7, 11) is 0. The third-order valence-electron chi connectivity index (χ3n) is 4.98. The Morgan fingerprint density at radius 2 is 1.89 bits per heavy atom. The van der Waals surface area contributed by atoms with E-state index in [9.17, 15) is 4.79 Å². The number of morpholine rings is 1. The number of hydrogen-bond acceptors (Lipinski definition) is 5. The molecule has 1 amide bonds. The predicted octanol–water partition coefficient (Wildman–Crippen LogP) is 1.94. The van der Waals surface area contributed by atoms with Crippen LogP contribution in [0.15, 0.2) is 36.9 Å². The van der Waals surface area contributed by atoms with E-state index in [2.05, 4.69) is 48.0 Å². The van der Waals surface area contributed by atoms with Gasteiger partial charge in [0.15, 0.2) is 0 Å². The molecule has 7 nitrogen and oxygen atoms in total. The Hall–Kier alpha value is -2.25. The average molecular weight is 371 g/mol. The summed E-state index contributed by atoms with van der Waals surface area (Å²) in [6.45, 7) is 11.5. The largest absolute Gasteiger partial charge is 0.373 e. The highest BCUT2D eigenvalue weighted by molar-refractivity contribution is 5.94. The minimum Gasteiger partial charge on any atom is -0.373 e. The van der Waals surface area contributed by atoms with Crippen molar-refractivity contribution in [2.45, 2.75) is 52.0 Å². The van der Waals surface area contributed by atoms with Gasteiger partial charge in [0.05, 0.1) is 18.8 Å². The van der Waals surface area contributed by atoms with Crippen molar-refractivity contribution in [1.29, 1.82) is 0 Å². The van der Waals surface area contributed by atoms with Gasteiger partial charge in [-0.2, -0.15) is 5.10 Å². The van der Waals surface area contributed by atoms with Gasteiger partial charge in [0.25, 0.3) is 5.91 Å². The summed E-state index contributed by atoms with van der Waals surface area (Å²) in [5.41, 5.74) is 1.61. The Bertz CT molecular complexity index is 732. The van der Waals surface area contributed by atoms with Crippen LogP contribution in [0.4, 0.5) is 0 Å². The maximum absolute atomic E-state index is 12.5. The van der Waals surface area contributed by atoms with E-state index in [0.29, 0.717) is 18.7 Å². The number of carbonyl (C=O) groups is 1. The highest BCUT2D eigenvalue weighted by Crippen LogP contribution is 2.20. The summed E-state index contributed by atoms with van der Waals surface area (Å²) in [6, 6.07) is 7.61. The lowest BCUT2D eigenvalue weighted by Gasteiger charge is -2.45. The molecule has 0 radical (unpaired) electrons. The van der Waals surface area contributed by atoms with Crippen LogP contribution in [0, 0.1) is 0 Å². The predicted molar refractivity (Wildman–Crippen MR) is 104 cm³/mol. The molecule has 1 fully saturated rings. The van der Waals surface area contributed by atoms with Gasteiger partial charge in [-0.25, -0.2) is 9.67 Å². The van der Waals surface area contributed by atoms with Crippen LogP contribution >= 0.6 is 0 Å². The molecule has 2 unspecified atom stereocenters. The molecule has 0 bridgehead atoms. The number of hydrogen-bond donors (Lipinski definition) is 1. The Labute approximate surface area is 160 Å². The summed E-state index contributed by atoms with van der Waals surface area (Å²) in [5.74, 6) is -0.0512. The van der Waals surface area contributed by atoms with Crippen LogP contribution in [0.2, 0.25) is 0 Å². The first-order valence-corrected chi connectivity index (χ1v) is 9.43. The molecule has 2 atom stereocenters. The van der Waals surface area contributed by atoms with E-state index in [-0.39, 0.29) is 23.7 Å². The van der Waals surface area contributed by atoms with Gasteiger partial charge in [-0.05, 0) is 45.4 Å². The number of nitrogens with one attached hydrogen (secondary N) is 1. The van der Waals surface area contributed by atoms with Crippen molar-refractivity contribution in [3.05, 3.63) is 48.0 Å². The molecule has 1 N–H and O–H groups in total. The van der Waals surface area contributed by atoms with Crippen molar-refractivity contribution >= 4 is 5.91 Å². The molecule has 1 aromatic carbocycles. The Balaban J connectivity index is 1.55. The molecule has 1 aromatic heterocycles. The first-order valence-electron chi connectivity index (χ1n) is 9.43. The monoisotopic (exact) mass is 371 g/mol. The molecule has 2 aromatic rings. The Morgan fingerprint density at radius 1 is 1.22 bits per heavy atom. The Kier molecular flexibility index (Phi) is 5.92. The minimum absolute atomic E-state index is 0.0512. The van der Waals surface area contributed by atoms with Gasteiger partial charge < -0.3 is 10.1 Å². The number of rotatable bonds is 6. The van der Waals surface area contributed by atoms with Gasteiger partial charge in [-0.1, -0.05) is 12.1 Å². The maximum atomic E-state index is 12.5. The van der Waals surface area contributed by atoms with Gasteiger partial charge in [0.2, 0.25) is 0 Å². The van der Waals surface area contributed by atoms with Crippen LogP contribution < -0.4 is 5.32 Å². The van der Waals surface area contributed by atoms with Crippen LogP contribution in [-0.2, 0) is 11.3 Å². The fraction of sp³-hybridized carbons (Fsp3) is 0.550. The second-order valence-electron chi connectivity index (χ2n) is 7.95. The number of amides is 1. The summed E-state index contributed by atoms with van der Waals surface area (Å²) in [4.78, 5) is 18.9. The molecular formula is C20H29N5O2. The third-order valence-corrected chi connectivity index (χ3v) is 4.98. The molecule has 27 heavy (non-hydrogen) atoms. The molecule has 146 valence electrons. The second-order valence-corrected chi connectivity index (χ2v) is 7.95. The fourth-order valence-electron chi connectivity index (χ4n) is 3.45. The number of aromatic nitrogens is 3. The van der Waals surface area contributed by atoms with Crippen LogP contribution in [0.3, 0.4) is 0 Å². The van der Waals surface area contributed by atoms with Crippen molar-refractivity contribution in [3.63, 3.8) is 0 Å². The zero-order valence-corrected chi connectivity index (χ0v) is 16.6. The van der Waals surface area contributed by atoms with Crippen LogP contribution in [-0.4, -0.2) is 63.0 Å². The number of carbonyl (C=O) groups excluding carboxylic acids is 1. The summed E-state index contributed by atoms with van der Waals surface area (Å²) in [5, 5.41) is 7.18. The normalized spacial score (nSPS) is 21.2. The zero-order chi connectivity index (χ0) is 19.4. The van der Waals surface area contributed by atoms with Crippen molar-refractivity contribution in [1.82, 2.24) is 25.0 Å². The minimum atomic E-state index is -0.130. The molecule has 0 aliphatic carbocycles. The SMILES string of the molecule is CC1CN(C(C)(C)CNC(=O)c2ccc(Cn3cncn3)cc2)CC(C)O1. The zero-order valence-electron chi connectivity index (χ0n) is 16.6.